The summed E-state index contributed by atoms with van der Waals surface area (Å²) in [6, 6.07) is 9.76. The van der Waals surface area contributed by atoms with Gasteiger partial charge in [0.2, 0.25) is 10.0 Å². The summed E-state index contributed by atoms with van der Waals surface area (Å²) in [6.07, 6.45) is 2.22. The van der Waals surface area contributed by atoms with Crippen molar-refractivity contribution < 1.29 is 23.1 Å². The Bertz CT molecular complexity index is 1310. The molecule has 0 fully saturated rings. The lowest BCUT2D eigenvalue weighted by Crippen LogP contribution is -2.43. The van der Waals surface area contributed by atoms with Crippen LogP contribution in [0.3, 0.4) is 0 Å². The van der Waals surface area contributed by atoms with Crippen molar-refractivity contribution in [1.29, 1.82) is 0 Å². The second kappa shape index (κ2) is 12.4. The number of rotatable bonds is 13. The van der Waals surface area contributed by atoms with Gasteiger partial charge in [-0.3, -0.25) is 9.59 Å². The van der Waals surface area contributed by atoms with Gasteiger partial charge in [-0.15, -0.1) is 10.2 Å². The Hall–Kier alpha value is -2.86. The van der Waals surface area contributed by atoms with E-state index < -0.39 is 40.8 Å². The molecule has 1 aromatic heterocycles. The molecule has 3 rings (SSSR count). The molecule has 36 heavy (non-hydrogen) atoms. The molecule has 0 radical (unpaired) electrons. The highest BCUT2D eigenvalue weighted by molar-refractivity contribution is 7.89. The SMILES string of the molecule is CCCCc1ccc(S(=O)(=O)NC(CC(=O)O)C(=O)Cn2nnc(Cc3c(Cl)cccc3Cl)n2)cc1. The molecule has 0 spiro atoms. The van der Waals surface area contributed by atoms with Gasteiger partial charge in [-0.2, -0.15) is 9.52 Å². The van der Waals surface area contributed by atoms with E-state index in [2.05, 4.69) is 27.1 Å². The van der Waals surface area contributed by atoms with Crippen molar-refractivity contribution >= 4 is 45.0 Å². The number of carboxylic acid groups (broad SMARTS) is 1. The molecule has 1 heterocycles. The minimum absolute atomic E-state index is 0.0660. The summed E-state index contributed by atoms with van der Waals surface area (Å²) < 4.78 is 27.9. The smallest absolute Gasteiger partial charge is 0.305 e. The molecule has 2 aromatic carbocycles. The first-order valence-corrected chi connectivity index (χ1v) is 13.4. The molecule has 0 aliphatic heterocycles. The standard InChI is InChI=1S/C23H25Cl2N5O5S/c1-2-3-5-15-8-10-16(11-9-15)36(34,35)28-20(13-23(32)33)21(31)14-30-27-22(26-29-30)12-17-18(24)6-4-7-19(17)25/h4,6-11,20,28H,2-3,5,12-14H2,1H3,(H,32,33). The van der Waals surface area contributed by atoms with Gasteiger partial charge in [0.15, 0.2) is 11.6 Å². The molecular weight excluding hydrogens is 529 g/mol. The average molecular weight is 554 g/mol. The maximum absolute atomic E-state index is 12.8. The maximum Gasteiger partial charge on any atom is 0.305 e. The summed E-state index contributed by atoms with van der Waals surface area (Å²) in [4.78, 5) is 25.1. The Morgan fingerprint density at radius 2 is 1.78 bits per heavy atom. The van der Waals surface area contributed by atoms with Crippen LogP contribution in [0, 0.1) is 0 Å². The van der Waals surface area contributed by atoms with E-state index in [0.29, 0.717) is 15.6 Å². The van der Waals surface area contributed by atoms with E-state index in [0.717, 1.165) is 29.6 Å². The van der Waals surface area contributed by atoms with Crippen LogP contribution in [-0.4, -0.2) is 51.5 Å². The van der Waals surface area contributed by atoms with Crippen LogP contribution in [0.15, 0.2) is 47.4 Å². The topological polar surface area (TPSA) is 144 Å². The number of halogens is 2. The van der Waals surface area contributed by atoms with Crippen LogP contribution in [0.2, 0.25) is 10.0 Å². The van der Waals surface area contributed by atoms with Gasteiger partial charge in [-0.05, 0) is 53.4 Å². The molecule has 0 saturated carbocycles. The first kappa shape index (κ1) is 27.7. The molecular formula is C23H25Cl2N5O5S. The summed E-state index contributed by atoms with van der Waals surface area (Å²) in [5.74, 6) is -1.84. The fourth-order valence-electron chi connectivity index (χ4n) is 3.39. The molecule has 192 valence electrons. The van der Waals surface area contributed by atoms with Crippen LogP contribution < -0.4 is 4.72 Å². The Kier molecular flexibility index (Phi) is 9.55. The lowest BCUT2D eigenvalue weighted by Gasteiger charge is -2.16. The van der Waals surface area contributed by atoms with Gasteiger partial charge in [0, 0.05) is 16.5 Å². The summed E-state index contributed by atoms with van der Waals surface area (Å²) in [7, 11) is -4.15. The normalized spacial score (nSPS) is 12.4. The maximum atomic E-state index is 12.8. The number of carbonyl (C=O) groups excluding carboxylic acids is 1. The number of aryl methyl sites for hydroxylation is 1. The number of nitrogens with zero attached hydrogens (tertiary/aromatic N) is 4. The third kappa shape index (κ3) is 7.57. The van der Waals surface area contributed by atoms with E-state index in [4.69, 9.17) is 23.2 Å². The highest BCUT2D eigenvalue weighted by atomic mass is 35.5. The van der Waals surface area contributed by atoms with Gasteiger partial charge in [0.1, 0.15) is 6.54 Å². The van der Waals surface area contributed by atoms with Gasteiger partial charge in [0.05, 0.1) is 17.4 Å². The molecule has 0 aliphatic rings. The highest BCUT2D eigenvalue weighted by Gasteiger charge is 2.28. The van der Waals surface area contributed by atoms with E-state index in [1.165, 1.54) is 12.1 Å². The number of Topliss-reactive ketones (excluding diaryl/α,β-unsaturated/α-hetero) is 1. The van der Waals surface area contributed by atoms with Crippen LogP contribution >= 0.6 is 23.2 Å². The summed E-state index contributed by atoms with van der Waals surface area (Å²) in [5.41, 5.74) is 1.57. The number of hydrogen-bond donors (Lipinski definition) is 2. The number of aliphatic carboxylic acids is 1. The Balaban J connectivity index is 1.71. The number of sulfonamides is 1. The summed E-state index contributed by atoms with van der Waals surface area (Å²) >= 11 is 12.3. The zero-order valence-corrected chi connectivity index (χ0v) is 21.7. The zero-order chi connectivity index (χ0) is 26.3. The van der Waals surface area contributed by atoms with Crippen molar-refractivity contribution in [3.05, 3.63) is 69.5 Å². The van der Waals surface area contributed by atoms with Gasteiger partial charge in [-0.1, -0.05) is 54.7 Å². The molecule has 2 N–H and O–H groups in total. The molecule has 1 atom stereocenters. The second-order valence-corrected chi connectivity index (χ2v) is 10.6. The number of unbranched alkanes of at least 4 members (excludes halogenated alkanes) is 1. The number of carboxylic acids is 1. The van der Waals surface area contributed by atoms with Crippen LogP contribution in [0.5, 0.6) is 0 Å². The van der Waals surface area contributed by atoms with Crippen LogP contribution in [-0.2, 0) is 39.0 Å². The second-order valence-electron chi connectivity index (χ2n) is 8.10. The van der Waals surface area contributed by atoms with E-state index >= 15 is 0 Å². The molecule has 0 bridgehead atoms. The highest BCUT2D eigenvalue weighted by Crippen LogP contribution is 2.25. The molecule has 10 nitrogen and oxygen atoms in total. The molecule has 0 amide bonds. The van der Waals surface area contributed by atoms with E-state index in [1.54, 1.807) is 30.3 Å². The van der Waals surface area contributed by atoms with E-state index in [9.17, 15) is 23.1 Å². The monoisotopic (exact) mass is 553 g/mol. The van der Waals surface area contributed by atoms with Gasteiger partial charge in [0.25, 0.3) is 0 Å². The van der Waals surface area contributed by atoms with E-state index in [-0.39, 0.29) is 17.1 Å². The molecule has 0 aliphatic carbocycles. The van der Waals surface area contributed by atoms with Gasteiger partial charge >= 0.3 is 5.97 Å². The van der Waals surface area contributed by atoms with Crippen molar-refractivity contribution in [2.45, 2.75) is 56.5 Å². The van der Waals surface area contributed by atoms with E-state index in [1.807, 2.05) is 0 Å². The third-order valence-corrected chi connectivity index (χ3v) is 7.50. The van der Waals surface area contributed by atoms with Crippen LogP contribution in [0.4, 0.5) is 0 Å². The Morgan fingerprint density at radius 3 is 2.39 bits per heavy atom. The average Bonchev–Trinajstić information content (AvgIpc) is 3.26. The summed E-state index contributed by atoms with van der Waals surface area (Å²) in [5, 5.41) is 21.9. The molecule has 1 unspecified atom stereocenters. The number of aromatic nitrogens is 4. The fourth-order valence-corrected chi connectivity index (χ4v) is 5.14. The predicted octanol–water partition coefficient (Wildman–Crippen LogP) is 3.30. The quantitative estimate of drug-likeness (QED) is 0.328. The van der Waals surface area contributed by atoms with Crippen LogP contribution in [0.1, 0.15) is 43.1 Å². The predicted molar refractivity (Wildman–Crippen MR) is 134 cm³/mol. The number of ketones is 1. The lowest BCUT2D eigenvalue weighted by molar-refractivity contribution is -0.139. The van der Waals surface area contributed by atoms with Crippen molar-refractivity contribution in [3.8, 4) is 0 Å². The third-order valence-electron chi connectivity index (χ3n) is 5.31. The van der Waals surface area contributed by atoms with Crippen molar-refractivity contribution in [3.63, 3.8) is 0 Å². The Labute approximate surface area is 218 Å². The minimum atomic E-state index is -4.15. The number of benzene rings is 2. The van der Waals surface area contributed by atoms with Gasteiger partial charge in [-0.25, -0.2) is 8.42 Å². The molecule has 3 aromatic rings. The first-order valence-electron chi connectivity index (χ1n) is 11.1. The fraction of sp³-hybridized carbons (Fsp3) is 0.348. The largest absolute Gasteiger partial charge is 0.481 e. The minimum Gasteiger partial charge on any atom is -0.481 e. The number of tetrazole rings is 1. The lowest BCUT2D eigenvalue weighted by atomic mass is 10.1. The molecule has 0 saturated heterocycles. The van der Waals surface area contributed by atoms with Crippen molar-refractivity contribution in [2.24, 2.45) is 0 Å². The number of hydrogen-bond acceptors (Lipinski definition) is 7. The van der Waals surface area contributed by atoms with Crippen LogP contribution in [0.25, 0.3) is 0 Å². The first-order chi connectivity index (χ1) is 17.1. The zero-order valence-electron chi connectivity index (χ0n) is 19.4. The van der Waals surface area contributed by atoms with Crippen molar-refractivity contribution in [2.75, 3.05) is 0 Å². The number of carbonyl (C=O) groups is 2. The molecule has 13 heteroatoms. The van der Waals surface area contributed by atoms with Crippen molar-refractivity contribution in [1.82, 2.24) is 24.9 Å². The Morgan fingerprint density at radius 1 is 1.11 bits per heavy atom. The van der Waals surface area contributed by atoms with Gasteiger partial charge < -0.3 is 5.11 Å². The summed E-state index contributed by atoms with van der Waals surface area (Å²) in [6.45, 7) is 1.58. The number of nitrogens with one attached hydrogen (secondary N) is 1.